The van der Waals surface area contributed by atoms with Gasteiger partial charge in [-0.1, -0.05) is 6.07 Å². The number of anilines is 1. The van der Waals surface area contributed by atoms with Crippen molar-refractivity contribution < 1.29 is 17.9 Å². The smallest absolute Gasteiger partial charge is 0.271 e. The number of hydrogen-bond donors (Lipinski definition) is 1. The van der Waals surface area contributed by atoms with E-state index in [-0.39, 0.29) is 15.7 Å². The number of ketones is 1. The lowest BCUT2D eigenvalue weighted by Gasteiger charge is -2.13. The van der Waals surface area contributed by atoms with Crippen LogP contribution in [-0.2, 0) is 10.0 Å². The van der Waals surface area contributed by atoms with Crippen LogP contribution in [0.15, 0.2) is 39.9 Å². The van der Waals surface area contributed by atoms with Crippen molar-refractivity contribution in [2.45, 2.75) is 18.1 Å². The molecule has 0 fully saturated rings. The summed E-state index contributed by atoms with van der Waals surface area (Å²) in [5.74, 6) is 0.247. The number of nitrogens with one attached hydrogen (secondary N) is 1. The summed E-state index contributed by atoms with van der Waals surface area (Å²) in [7, 11) is -3.68. The number of thiophene rings is 1. The van der Waals surface area contributed by atoms with Gasteiger partial charge >= 0.3 is 0 Å². The molecule has 0 radical (unpaired) electrons. The van der Waals surface area contributed by atoms with Crippen LogP contribution in [0.2, 0.25) is 0 Å². The topological polar surface area (TPSA) is 72.5 Å². The summed E-state index contributed by atoms with van der Waals surface area (Å²) >= 11 is 1.12. The molecule has 0 aliphatic rings. The zero-order valence-electron chi connectivity index (χ0n) is 11.6. The first-order chi connectivity index (χ1) is 9.94. The Hall–Kier alpha value is -1.86. The molecule has 112 valence electrons. The molecule has 0 aliphatic carbocycles. The Kier molecular flexibility index (Phi) is 4.64. The van der Waals surface area contributed by atoms with E-state index < -0.39 is 10.0 Å². The van der Waals surface area contributed by atoms with Crippen molar-refractivity contribution in [3.63, 3.8) is 0 Å². The van der Waals surface area contributed by atoms with Crippen LogP contribution in [-0.4, -0.2) is 20.8 Å². The largest absolute Gasteiger partial charge is 0.492 e. The van der Waals surface area contributed by atoms with Crippen molar-refractivity contribution >= 4 is 32.8 Å². The summed E-state index contributed by atoms with van der Waals surface area (Å²) in [6.45, 7) is 3.62. The minimum absolute atomic E-state index is 0.144. The van der Waals surface area contributed by atoms with Gasteiger partial charge in [-0.25, -0.2) is 8.42 Å². The van der Waals surface area contributed by atoms with Gasteiger partial charge in [0.05, 0.1) is 12.3 Å². The average molecular weight is 325 g/mol. The first kappa shape index (κ1) is 15.5. The monoisotopic (exact) mass is 325 g/mol. The molecule has 2 rings (SSSR count). The van der Waals surface area contributed by atoms with Crippen molar-refractivity contribution in [1.29, 1.82) is 0 Å². The lowest BCUT2D eigenvalue weighted by molar-refractivity contribution is 0.101. The van der Waals surface area contributed by atoms with Crippen LogP contribution < -0.4 is 9.46 Å². The Morgan fingerprint density at radius 2 is 2.10 bits per heavy atom. The molecular formula is C14H15NO4S2. The van der Waals surface area contributed by atoms with Crippen LogP contribution in [0.1, 0.15) is 24.2 Å². The molecule has 0 saturated carbocycles. The van der Waals surface area contributed by atoms with Gasteiger partial charge in [-0.2, -0.15) is 0 Å². The molecule has 0 saturated heterocycles. The Bertz CT molecular complexity index is 736. The van der Waals surface area contributed by atoms with E-state index in [1.54, 1.807) is 30.5 Å². The highest BCUT2D eigenvalue weighted by Crippen LogP contribution is 2.29. The van der Waals surface area contributed by atoms with Crippen LogP contribution in [0.5, 0.6) is 5.75 Å². The molecule has 0 unspecified atom stereocenters. The van der Waals surface area contributed by atoms with Crippen molar-refractivity contribution in [3.8, 4) is 5.75 Å². The maximum Gasteiger partial charge on any atom is 0.271 e. The second-order valence-electron chi connectivity index (χ2n) is 4.24. The van der Waals surface area contributed by atoms with Crippen molar-refractivity contribution in [2.24, 2.45) is 0 Å². The van der Waals surface area contributed by atoms with E-state index in [4.69, 9.17) is 4.74 Å². The van der Waals surface area contributed by atoms with Crippen LogP contribution in [0.4, 0.5) is 5.69 Å². The number of benzene rings is 1. The van der Waals surface area contributed by atoms with E-state index in [9.17, 15) is 13.2 Å². The predicted octanol–water partition coefficient (Wildman–Crippen LogP) is 3.15. The number of hydrogen-bond acceptors (Lipinski definition) is 5. The van der Waals surface area contributed by atoms with Crippen LogP contribution in [0.3, 0.4) is 0 Å². The molecule has 0 aliphatic heterocycles. The molecule has 1 heterocycles. The van der Waals surface area contributed by atoms with Crippen LogP contribution in [0, 0.1) is 0 Å². The molecule has 0 spiro atoms. The summed E-state index contributed by atoms with van der Waals surface area (Å²) in [5, 5.41) is 1.68. The molecule has 1 aromatic carbocycles. The third-order valence-electron chi connectivity index (χ3n) is 2.69. The van der Waals surface area contributed by atoms with E-state index in [0.717, 1.165) is 11.3 Å². The van der Waals surface area contributed by atoms with Crippen LogP contribution in [0.25, 0.3) is 0 Å². The minimum atomic E-state index is -3.68. The van der Waals surface area contributed by atoms with Crippen molar-refractivity contribution in [2.75, 3.05) is 11.3 Å². The Balaban J connectivity index is 2.41. The van der Waals surface area contributed by atoms with Gasteiger partial charge in [0.15, 0.2) is 5.78 Å². The van der Waals surface area contributed by atoms with E-state index in [2.05, 4.69) is 4.72 Å². The molecule has 2 aromatic rings. The number of carbonyl (C=O) groups excluding carboxylic acids is 1. The quantitative estimate of drug-likeness (QED) is 0.828. The van der Waals surface area contributed by atoms with Gasteiger partial charge in [-0.05, 0) is 43.5 Å². The molecule has 21 heavy (non-hydrogen) atoms. The summed E-state index contributed by atoms with van der Waals surface area (Å²) in [6.07, 6.45) is 0. The van der Waals surface area contributed by atoms with Gasteiger partial charge in [-0.3, -0.25) is 9.52 Å². The maximum atomic E-state index is 12.3. The van der Waals surface area contributed by atoms with Crippen LogP contribution >= 0.6 is 11.3 Å². The lowest BCUT2D eigenvalue weighted by Crippen LogP contribution is -2.13. The lowest BCUT2D eigenvalue weighted by atomic mass is 10.1. The maximum absolute atomic E-state index is 12.3. The second-order valence-corrected chi connectivity index (χ2v) is 7.09. The fourth-order valence-electron chi connectivity index (χ4n) is 1.72. The first-order valence-corrected chi connectivity index (χ1v) is 8.64. The molecular weight excluding hydrogens is 310 g/mol. The number of rotatable bonds is 6. The average Bonchev–Trinajstić information content (AvgIpc) is 2.95. The van der Waals surface area contributed by atoms with Gasteiger partial charge < -0.3 is 4.74 Å². The Labute approximate surface area is 127 Å². The van der Waals surface area contributed by atoms with E-state index >= 15 is 0 Å². The Morgan fingerprint density at radius 1 is 1.33 bits per heavy atom. The van der Waals surface area contributed by atoms with Crippen molar-refractivity contribution in [1.82, 2.24) is 0 Å². The Morgan fingerprint density at radius 3 is 2.67 bits per heavy atom. The third-order valence-corrected chi connectivity index (χ3v) is 5.45. The highest BCUT2D eigenvalue weighted by atomic mass is 32.2. The third kappa shape index (κ3) is 3.62. The summed E-state index contributed by atoms with van der Waals surface area (Å²) in [6, 6.07) is 7.86. The molecule has 1 aromatic heterocycles. The number of carbonyl (C=O) groups is 1. The summed E-state index contributed by atoms with van der Waals surface area (Å²) < 4.78 is 32.6. The normalized spacial score (nSPS) is 11.1. The summed E-state index contributed by atoms with van der Waals surface area (Å²) in [4.78, 5) is 11.4. The highest BCUT2D eigenvalue weighted by molar-refractivity contribution is 7.94. The second kappa shape index (κ2) is 6.28. The fourth-order valence-corrected chi connectivity index (χ4v) is 3.78. The van der Waals surface area contributed by atoms with E-state index in [0.29, 0.717) is 17.9 Å². The van der Waals surface area contributed by atoms with Gasteiger partial charge in [0.2, 0.25) is 0 Å². The van der Waals surface area contributed by atoms with Gasteiger partial charge in [0.1, 0.15) is 9.96 Å². The number of sulfonamides is 1. The van der Waals surface area contributed by atoms with E-state index in [1.807, 2.05) is 0 Å². The summed E-state index contributed by atoms with van der Waals surface area (Å²) in [5.41, 5.74) is 0.681. The predicted molar refractivity (Wildman–Crippen MR) is 82.7 cm³/mol. The molecule has 5 nitrogen and oxygen atoms in total. The standard InChI is InChI=1S/C14H15NO4S2/c1-3-19-13-7-6-11(10(2)16)9-12(13)15-21(17,18)14-5-4-8-20-14/h4-9,15H,3H2,1-2H3. The number of ether oxygens (including phenoxy) is 1. The van der Waals surface area contributed by atoms with Gasteiger partial charge in [0, 0.05) is 5.56 Å². The molecule has 0 bridgehead atoms. The molecule has 7 heteroatoms. The SMILES string of the molecule is CCOc1ccc(C(C)=O)cc1NS(=O)(=O)c1cccs1. The molecule has 0 amide bonds. The van der Waals surface area contributed by atoms with Crippen molar-refractivity contribution in [3.05, 3.63) is 41.3 Å². The fraction of sp³-hybridized carbons (Fsp3) is 0.214. The van der Waals surface area contributed by atoms with Gasteiger partial charge in [-0.15, -0.1) is 11.3 Å². The zero-order chi connectivity index (χ0) is 15.5. The van der Waals surface area contributed by atoms with Gasteiger partial charge in [0.25, 0.3) is 10.0 Å². The highest BCUT2D eigenvalue weighted by Gasteiger charge is 2.18. The first-order valence-electron chi connectivity index (χ1n) is 6.28. The van der Waals surface area contributed by atoms with E-state index in [1.165, 1.54) is 19.1 Å². The molecule has 1 N–H and O–H groups in total. The minimum Gasteiger partial charge on any atom is -0.492 e. The zero-order valence-corrected chi connectivity index (χ0v) is 13.3. The number of Topliss-reactive ketones (excluding diaryl/α,β-unsaturated/α-hetero) is 1. The molecule has 0 atom stereocenters.